The maximum Gasteiger partial charge on any atom is 0.332 e. The van der Waals surface area contributed by atoms with Crippen molar-refractivity contribution in [3.63, 3.8) is 0 Å². The van der Waals surface area contributed by atoms with Gasteiger partial charge in [-0.05, 0) is 26.2 Å². The Bertz CT molecular complexity index is 543. The first-order valence-electron chi connectivity index (χ1n) is 8.17. The lowest BCUT2D eigenvalue weighted by Crippen LogP contribution is -2.37. The molecule has 11 heteroatoms. The summed E-state index contributed by atoms with van der Waals surface area (Å²) in [7, 11) is 1.33. The van der Waals surface area contributed by atoms with E-state index in [1.165, 1.54) is 7.11 Å². The number of rotatable bonds is 11. The van der Waals surface area contributed by atoms with Crippen molar-refractivity contribution in [1.29, 1.82) is 0 Å². The van der Waals surface area contributed by atoms with Gasteiger partial charge in [-0.2, -0.15) is 37.9 Å². The van der Waals surface area contributed by atoms with Crippen LogP contribution < -0.4 is 0 Å². The van der Waals surface area contributed by atoms with Crippen molar-refractivity contribution < 1.29 is 38.9 Å². The van der Waals surface area contributed by atoms with Gasteiger partial charge in [0.05, 0.1) is 30.0 Å². The van der Waals surface area contributed by atoms with Gasteiger partial charge in [0.2, 0.25) is 0 Å². The van der Waals surface area contributed by atoms with E-state index in [1.54, 1.807) is 13.8 Å². The molecule has 0 rings (SSSR count). The van der Waals surface area contributed by atoms with Gasteiger partial charge in [-0.1, -0.05) is 13.5 Å². The van der Waals surface area contributed by atoms with E-state index in [1.807, 2.05) is 0 Å². The molecular formula is C17H28O8S3. The summed E-state index contributed by atoms with van der Waals surface area (Å²) in [6, 6.07) is 0. The molecule has 0 fully saturated rings. The maximum absolute atomic E-state index is 11.2. The standard InChI is InChI=1S/C12H20O6S3.C5H8O2/c1-2-12(3-7(20)10(14)15,4-8(21)11(16)17)6-18-9(13)5-19;1-4(2)5(6)7-3/h7-8,19-21H,2-6H2,1H3,(H,14,15)(H,16,17);1H2,2-3H3. The number of aliphatic carboxylic acids is 2. The van der Waals surface area contributed by atoms with Crippen LogP contribution in [0.5, 0.6) is 0 Å². The van der Waals surface area contributed by atoms with E-state index in [4.69, 9.17) is 14.9 Å². The van der Waals surface area contributed by atoms with E-state index in [0.717, 1.165) is 0 Å². The second-order valence-corrected chi connectivity index (χ2v) is 7.62. The molecule has 2 unspecified atom stereocenters. The van der Waals surface area contributed by atoms with Crippen LogP contribution in [0, 0.1) is 5.41 Å². The fourth-order valence-electron chi connectivity index (χ4n) is 2.04. The highest BCUT2D eigenvalue weighted by atomic mass is 32.1. The molecule has 162 valence electrons. The molecule has 0 amide bonds. The Morgan fingerprint density at radius 2 is 1.50 bits per heavy atom. The molecule has 0 aromatic carbocycles. The molecule has 8 nitrogen and oxygen atoms in total. The minimum Gasteiger partial charge on any atom is -0.480 e. The predicted octanol–water partition coefficient (Wildman–Crippen LogP) is 2.14. The van der Waals surface area contributed by atoms with E-state index >= 15 is 0 Å². The van der Waals surface area contributed by atoms with Crippen LogP contribution >= 0.6 is 37.9 Å². The van der Waals surface area contributed by atoms with Crippen LogP contribution in [-0.2, 0) is 28.7 Å². The average molecular weight is 457 g/mol. The molecule has 0 radical (unpaired) electrons. The van der Waals surface area contributed by atoms with Gasteiger partial charge in [0, 0.05) is 11.0 Å². The smallest absolute Gasteiger partial charge is 0.332 e. The number of carbonyl (C=O) groups excluding carboxylic acids is 2. The minimum absolute atomic E-state index is 0.0755. The normalized spacial score (nSPS) is 14.4. The highest BCUT2D eigenvalue weighted by molar-refractivity contribution is 7.82. The molecule has 0 saturated carbocycles. The minimum atomic E-state index is -1.11. The molecule has 0 spiro atoms. The summed E-state index contributed by atoms with van der Waals surface area (Å²) in [5, 5.41) is 16.0. The van der Waals surface area contributed by atoms with Gasteiger partial charge in [-0.3, -0.25) is 14.4 Å². The van der Waals surface area contributed by atoms with Gasteiger partial charge in [-0.25, -0.2) is 4.79 Å². The van der Waals surface area contributed by atoms with E-state index in [-0.39, 0.29) is 31.2 Å². The zero-order valence-electron chi connectivity index (χ0n) is 16.1. The topological polar surface area (TPSA) is 127 Å². The summed E-state index contributed by atoms with van der Waals surface area (Å²) in [6.07, 6.45) is 0.583. The third-order valence-corrected chi connectivity index (χ3v) is 4.84. The summed E-state index contributed by atoms with van der Waals surface area (Å²) in [6.45, 7) is 6.65. The molecule has 0 aliphatic rings. The van der Waals surface area contributed by atoms with Gasteiger partial charge < -0.3 is 19.7 Å². The Balaban J connectivity index is 0. The third kappa shape index (κ3) is 12.2. The Labute approximate surface area is 181 Å². The molecule has 0 bridgehead atoms. The van der Waals surface area contributed by atoms with E-state index in [2.05, 4.69) is 49.2 Å². The lowest BCUT2D eigenvalue weighted by atomic mass is 9.77. The zero-order valence-corrected chi connectivity index (χ0v) is 18.8. The average Bonchev–Trinajstić information content (AvgIpc) is 2.64. The van der Waals surface area contributed by atoms with Crippen LogP contribution in [0.15, 0.2) is 12.2 Å². The molecule has 2 N–H and O–H groups in total. The largest absolute Gasteiger partial charge is 0.480 e. The van der Waals surface area contributed by atoms with Crippen LogP contribution in [0.4, 0.5) is 0 Å². The first kappa shape index (κ1) is 28.9. The van der Waals surface area contributed by atoms with Crippen LogP contribution in [0.2, 0.25) is 0 Å². The molecule has 2 atom stereocenters. The molecule has 0 saturated heterocycles. The number of carboxylic acids is 2. The second kappa shape index (κ2) is 14.6. The van der Waals surface area contributed by atoms with Gasteiger partial charge in [0.1, 0.15) is 0 Å². The Hall–Kier alpha value is -1.33. The fourth-order valence-corrected chi connectivity index (χ4v) is 2.91. The van der Waals surface area contributed by atoms with Crippen LogP contribution in [0.25, 0.3) is 0 Å². The number of carbonyl (C=O) groups is 4. The zero-order chi connectivity index (χ0) is 22.5. The van der Waals surface area contributed by atoms with Crippen LogP contribution in [-0.4, -0.2) is 64.1 Å². The lowest BCUT2D eigenvalue weighted by molar-refractivity contribution is -0.145. The summed E-state index contributed by atoms with van der Waals surface area (Å²) in [4.78, 5) is 43.4. The number of thiol groups is 3. The number of hydrogen-bond acceptors (Lipinski definition) is 9. The summed E-state index contributed by atoms with van der Waals surface area (Å²) < 4.78 is 9.31. The highest BCUT2D eigenvalue weighted by Crippen LogP contribution is 2.37. The van der Waals surface area contributed by atoms with E-state index in [9.17, 15) is 19.2 Å². The van der Waals surface area contributed by atoms with Crippen LogP contribution in [0.3, 0.4) is 0 Å². The predicted molar refractivity (Wildman–Crippen MR) is 114 cm³/mol. The fraction of sp³-hybridized carbons (Fsp3) is 0.647. The van der Waals surface area contributed by atoms with Crippen molar-refractivity contribution in [3.8, 4) is 0 Å². The molecular weight excluding hydrogens is 428 g/mol. The number of hydrogen-bond donors (Lipinski definition) is 5. The first-order valence-corrected chi connectivity index (χ1v) is 9.84. The second-order valence-electron chi connectivity index (χ2n) is 6.06. The summed E-state index contributed by atoms with van der Waals surface area (Å²) in [5.41, 5.74) is -0.378. The van der Waals surface area contributed by atoms with Crippen molar-refractivity contribution in [3.05, 3.63) is 12.2 Å². The Kier molecular flexibility index (Phi) is 15.1. The first-order chi connectivity index (χ1) is 12.9. The van der Waals surface area contributed by atoms with Crippen molar-refractivity contribution >= 4 is 61.8 Å². The lowest BCUT2D eigenvalue weighted by Gasteiger charge is -2.34. The van der Waals surface area contributed by atoms with Crippen LogP contribution in [0.1, 0.15) is 33.1 Å². The Morgan fingerprint density at radius 1 is 1.07 bits per heavy atom. The highest BCUT2D eigenvalue weighted by Gasteiger charge is 2.37. The number of carboxylic acid groups (broad SMARTS) is 2. The summed E-state index contributed by atoms with van der Waals surface area (Å²) in [5.74, 6) is -3.22. The molecule has 28 heavy (non-hydrogen) atoms. The molecule has 0 aliphatic carbocycles. The number of esters is 2. The van der Waals surface area contributed by atoms with E-state index in [0.29, 0.717) is 12.0 Å². The third-order valence-electron chi connectivity index (χ3n) is 3.78. The van der Waals surface area contributed by atoms with Gasteiger partial charge in [0.25, 0.3) is 0 Å². The Morgan fingerprint density at radius 3 is 1.71 bits per heavy atom. The van der Waals surface area contributed by atoms with Gasteiger partial charge in [0.15, 0.2) is 0 Å². The van der Waals surface area contributed by atoms with Crippen molar-refractivity contribution in [2.75, 3.05) is 19.5 Å². The molecule has 0 aromatic rings. The van der Waals surface area contributed by atoms with E-state index < -0.39 is 33.8 Å². The SMILES string of the molecule is C=C(C)C(=O)OC.CCC(COC(=O)CS)(CC(S)C(=O)O)CC(S)C(=O)O. The van der Waals surface area contributed by atoms with Gasteiger partial charge >= 0.3 is 23.9 Å². The van der Waals surface area contributed by atoms with Gasteiger partial charge in [-0.15, -0.1) is 0 Å². The number of methoxy groups -OCH3 is 1. The molecule has 0 aromatic heterocycles. The monoisotopic (exact) mass is 456 g/mol. The van der Waals surface area contributed by atoms with Crippen molar-refractivity contribution in [2.45, 2.75) is 43.6 Å². The molecule has 0 aliphatic heterocycles. The maximum atomic E-state index is 11.2. The van der Waals surface area contributed by atoms with Crippen molar-refractivity contribution in [1.82, 2.24) is 0 Å². The number of ether oxygens (including phenoxy) is 2. The van der Waals surface area contributed by atoms with Crippen molar-refractivity contribution in [2.24, 2.45) is 5.41 Å². The molecule has 0 heterocycles. The quantitative estimate of drug-likeness (QED) is 0.182. The summed E-state index contributed by atoms with van der Waals surface area (Å²) >= 11 is 11.8.